The van der Waals surface area contributed by atoms with Crippen LogP contribution >= 0.6 is 0 Å². The second kappa shape index (κ2) is 7.23. The summed E-state index contributed by atoms with van der Waals surface area (Å²) in [5.74, 6) is 0.986. The van der Waals surface area contributed by atoms with Gasteiger partial charge in [-0.05, 0) is 36.6 Å². The molecule has 0 radical (unpaired) electrons. The Morgan fingerprint density at radius 1 is 1.16 bits per heavy atom. The topological polar surface area (TPSA) is 108 Å². The second-order valence-electron chi connectivity index (χ2n) is 8.10. The highest BCUT2D eigenvalue weighted by Gasteiger charge is 2.43. The zero-order valence-corrected chi connectivity index (χ0v) is 16.7. The number of ether oxygens (including phenoxy) is 1. The van der Waals surface area contributed by atoms with Gasteiger partial charge in [-0.25, -0.2) is 15.0 Å². The van der Waals surface area contributed by atoms with E-state index in [1.807, 2.05) is 12.4 Å². The van der Waals surface area contributed by atoms with Crippen LogP contribution in [0.15, 0.2) is 53.0 Å². The molecule has 9 heteroatoms. The molecular formula is C22H22N6O3. The molecule has 1 saturated heterocycles. The maximum atomic E-state index is 10.6. The van der Waals surface area contributed by atoms with E-state index in [1.54, 1.807) is 17.0 Å². The number of aryl methyl sites for hydroxylation is 1. The molecule has 31 heavy (non-hydrogen) atoms. The van der Waals surface area contributed by atoms with Crippen molar-refractivity contribution in [2.45, 2.75) is 37.4 Å². The molecule has 3 aromatic rings. The molecular weight excluding hydrogens is 396 g/mol. The Labute approximate surface area is 178 Å². The Balaban J connectivity index is 1.18. The fraction of sp³-hybridized carbons (Fsp3) is 0.364. The number of aliphatic hydroxyl groups excluding tert-OH is 2. The number of hydrogen-bond donors (Lipinski definition) is 2. The Morgan fingerprint density at radius 3 is 3.03 bits per heavy atom. The van der Waals surface area contributed by atoms with E-state index >= 15 is 0 Å². The van der Waals surface area contributed by atoms with Crippen molar-refractivity contribution in [3.8, 4) is 0 Å². The first-order chi connectivity index (χ1) is 15.2. The van der Waals surface area contributed by atoms with Gasteiger partial charge in [0.05, 0.1) is 24.7 Å². The van der Waals surface area contributed by atoms with Gasteiger partial charge in [0.2, 0.25) is 0 Å². The summed E-state index contributed by atoms with van der Waals surface area (Å²) in [6, 6.07) is 8.07. The summed E-state index contributed by atoms with van der Waals surface area (Å²) in [6.45, 7) is 1.68. The first kappa shape index (κ1) is 18.6. The Hall–Kier alpha value is -3.14. The monoisotopic (exact) mass is 418 g/mol. The van der Waals surface area contributed by atoms with Gasteiger partial charge < -0.3 is 24.4 Å². The number of aromatic nitrogens is 3. The third-order valence-corrected chi connectivity index (χ3v) is 6.22. The minimum Gasteiger partial charge on any atom is -0.388 e. The minimum atomic E-state index is -1.03. The highest BCUT2D eigenvalue weighted by molar-refractivity contribution is 6.11. The van der Waals surface area contributed by atoms with Crippen LogP contribution in [0.5, 0.6) is 0 Å². The van der Waals surface area contributed by atoms with E-state index in [1.165, 1.54) is 6.33 Å². The molecule has 5 heterocycles. The van der Waals surface area contributed by atoms with E-state index in [9.17, 15) is 10.2 Å². The van der Waals surface area contributed by atoms with Crippen LogP contribution in [0.1, 0.15) is 23.8 Å². The van der Waals surface area contributed by atoms with Crippen molar-refractivity contribution in [1.29, 1.82) is 0 Å². The summed E-state index contributed by atoms with van der Waals surface area (Å²) in [5, 5.41) is 22.1. The summed E-state index contributed by atoms with van der Waals surface area (Å²) >= 11 is 0. The molecule has 0 saturated carbocycles. The van der Waals surface area contributed by atoms with Gasteiger partial charge in [0, 0.05) is 29.9 Å². The fourth-order valence-electron chi connectivity index (χ4n) is 4.58. The van der Waals surface area contributed by atoms with Gasteiger partial charge in [-0.2, -0.15) is 0 Å². The molecule has 0 aliphatic carbocycles. The maximum Gasteiger partial charge on any atom is 0.164 e. The smallest absolute Gasteiger partial charge is 0.164 e. The lowest BCUT2D eigenvalue weighted by molar-refractivity contribution is -0.0364. The first-order valence-electron chi connectivity index (χ1n) is 10.5. The number of amidine groups is 1. The maximum absolute atomic E-state index is 10.6. The molecule has 1 aromatic carbocycles. The number of fused-ring (bicyclic) bond motifs is 4. The molecule has 9 nitrogen and oxygen atoms in total. The van der Waals surface area contributed by atoms with Crippen molar-refractivity contribution >= 4 is 28.9 Å². The van der Waals surface area contributed by atoms with Crippen LogP contribution in [-0.2, 0) is 11.2 Å². The van der Waals surface area contributed by atoms with Crippen LogP contribution in [0.3, 0.4) is 0 Å². The second-order valence-corrected chi connectivity index (χ2v) is 8.10. The average molecular weight is 418 g/mol. The van der Waals surface area contributed by atoms with E-state index in [-0.39, 0.29) is 0 Å². The highest BCUT2D eigenvalue weighted by atomic mass is 16.6. The van der Waals surface area contributed by atoms with E-state index < -0.39 is 24.5 Å². The lowest BCUT2D eigenvalue weighted by Crippen LogP contribution is -2.31. The molecule has 0 unspecified atom stereocenters. The molecule has 1 fully saturated rings. The van der Waals surface area contributed by atoms with Crippen LogP contribution in [0.25, 0.3) is 11.0 Å². The quantitative estimate of drug-likeness (QED) is 0.663. The molecule has 158 valence electrons. The molecule has 2 N–H and O–H groups in total. The number of hydrogen-bond acceptors (Lipinski definition) is 8. The molecule has 0 bridgehead atoms. The lowest BCUT2D eigenvalue weighted by Gasteiger charge is -2.21. The number of aliphatic hydroxyl groups is 2. The predicted octanol–water partition coefficient (Wildman–Crippen LogP) is 1.42. The van der Waals surface area contributed by atoms with Crippen molar-refractivity contribution in [2.75, 3.05) is 13.1 Å². The number of aliphatic imine (C=N–C) groups is 2. The van der Waals surface area contributed by atoms with Crippen molar-refractivity contribution in [2.24, 2.45) is 9.98 Å². The van der Waals surface area contributed by atoms with Crippen molar-refractivity contribution in [3.05, 3.63) is 54.1 Å². The fourth-order valence-corrected chi connectivity index (χ4v) is 4.58. The van der Waals surface area contributed by atoms with Crippen LogP contribution in [0.2, 0.25) is 0 Å². The van der Waals surface area contributed by atoms with Crippen LogP contribution in [-0.4, -0.2) is 73.2 Å². The van der Waals surface area contributed by atoms with Crippen LogP contribution < -0.4 is 0 Å². The summed E-state index contributed by atoms with van der Waals surface area (Å²) in [5.41, 5.74) is 3.75. The molecule has 6 rings (SSSR count). The first-order valence-corrected chi connectivity index (χ1v) is 10.5. The number of benzene rings is 1. The van der Waals surface area contributed by atoms with Gasteiger partial charge in [-0.15, -0.1) is 0 Å². The Bertz CT molecular complexity index is 1200. The van der Waals surface area contributed by atoms with Crippen molar-refractivity contribution in [3.63, 3.8) is 0 Å². The molecule has 2 aromatic heterocycles. The zero-order chi connectivity index (χ0) is 20.9. The van der Waals surface area contributed by atoms with E-state index in [0.717, 1.165) is 41.1 Å². The molecule has 3 aliphatic rings. The van der Waals surface area contributed by atoms with Crippen LogP contribution in [0.4, 0.5) is 5.69 Å². The third kappa shape index (κ3) is 3.04. The van der Waals surface area contributed by atoms with Gasteiger partial charge in [-0.3, -0.25) is 4.99 Å². The zero-order valence-electron chi connectivity index (χ0n) is 16.7. The Morgan fingerprint density at radius 2 is 2.10 bits per heavy atom. The summed E-state index contributed by atoms with van der Waals surface area (Å²) in [4.78, 5) is 19.5. The lowest BCUT2D eigenvalue weighted by atomic mass is 9.99. The van der Waals surface area contributed by atoms with Crippen molar-refractivity contribution < 1.29 is 14.9 Å². The predicted molar refractivity (Wildman–Crippen MR) is 114 cm³/mol. The van der Waals surface area contributed by atoms with Gasteiger partial charge in [0.1, 0.15) is 30.0 Å². The molecule has 0 amide bonds. The van der Waals surface area contributed by atoms with Gasteiger partial charge in [-0.1, -0.05) is 6.07 Å². The highest BCUT2D eigenvalue weighted by Crippen LogP contribution is 2.34. The average Bonchev–Trinajstić information content (AvgIpc) is 3.51. The van der Waals surface area contributed by atoms with Crippen molar-refractivity contribution in [1.82, 2.24) is 19.4 Å². The molecule has 3 aliphatic heterocycles. The molecule has 0 spiro atoms. The van der Waals surface area contributed by atoms with Crippen LogP contribution in [0, 0.1) is 0 Å². The summed E-state index contributed by atoms with van der Waals surface area (Å²) in [6.07, 6.45) is 4.93. The number of nitrogens with zero attached hydrogens (tertiary/aromatic N) is 6. The normalized spacial score (nSPS) is 26.9. The van der Waals surface area contributed by atoms with E-state index in [2.05, 4.69) is 43.1 Å². The van der Waals surface area contributed by atoms with Gasteiger partial charge >= 0.3 is 0 Å². The van der Waals surface area contributed by atoms with Gasteiger partial charge in [0.15, 0.2) is 6.23 Å². The minimum absolute atomic E-state index is 0.478. The standard InChI is InChI=1S/C22H22N6O3/c29-18-17(31-22(19(18)30)28-7-5-14-10-23-11-25-20(14)28)4-2-13-1-3-15-16(9-13)26-12-27-8-6-24-21(15)27/h1,3,5,7,9-12,17-19,22,29-30H,2,4,6,8H2/t17-,18-,19-,22-/m1/s1. The van der Waals surface area contributed by atoms with Gasteiger partial charge in [0.25, 0.3) is 0 Å². The summed E-state index contributed by atoms with van der Waals surface area (Å²) in [7, 11) is 0. The third-order valence-electron chi connectivity index (χ3n) is 6.22. The largest absolute Gasteiger partial charge is 0.388 e. The number of rotatable bonds is 4. The Kier molecular flexibility index (Phi) is 4.34. The molecule has 4 atom stereocenters. The van der Waals surface area contributed by atoms with E-state index in [0.29, 0.717) is 18.5 Å². The summed E-state index contributed by atoms with van der Waals surface area (Å²) < 4.78 is 7.83. The van der Waals surface area contributed by atoms with E-state index in [4.69, 9.17) is 4.74 Å². The SMILES string of the molecule is O[C@@H]1[C@H](O)[C@@H](CCc2ccc3c(c2)N=CN2CCN=C32)O[C@H]1n1ccc2cncnc21.